The molecule has 0 saturated carbocycles. The standard InChI is InChI=1S/C14H13BrCl2N2/c1-18-14(13-6-5-9(15)8-19-13)7-10-11(16)3-2-4-12(10)17/h2-6,8,14,18H,7H2,1H3. The fourth-order valence-corrected chi connectivity index (χ4v) is 2.67. The van der Waals surface area contributed by atoms with Crippen molar-refractivity contribution in [3.8, 4) is 0 Å². The maximum Gasteiger partial charge on any atom is 0.0577 e. The van der Waals surface area contributed by atoms with Crippen LogP contribution >= 0.6 is 39.1 Å². The zero-order chi connectivity index (χ0) is 13.8. The number of hydrogen-bond donors (Lipinski definition) is 1. The second kappa shape index (κ2) is 6.71. The Hall–Kier alpha value is -0.610. The highest BCUT2D eigenvalue weighted by molar-refractivity contribution is 9.10. The third-order valence-corrected chi connectivity index (χ3v) is 4.10. The summed E-state index contributed by atoms with van der Waals surface area (Å²) in [7, 11) is 1.90. The van der Waals surface area contributed by atoms with Crippen molar-refractivity contribution in [2.24, 2.45) is 0 Å². The number of hydrogen-bond acceptors (Lipinski definition) is 2. The molecule has 1 aromatic heterocycles. The summed E-state index contributed by atoms with van der Waals surface area (Å²) in [5.74, 6) is 0. The molecule has 0 spiro atoms. The molecule has 2 nitrogen and oxygen atoms in total. The van der Waals surface area contributed by atoms with Gasteiger partial charge in [0.15, 0.2) is 0 Å². The first kappa shape index (κ1) is 14.8. The number of pyridine rings is 1. The SMILES string of the molecule is CNC(Cc1c(Cl)cccc1Cl)c1ccc(Br)cn1. The Morgan fingerprint density at radius 3 is 2.42 bits per heavy atom. The molecule has 0 aliphatic rings. The van der Waals surface area contributed by atoms with Crippen LogP contribution in [-0.2, 0) is 6.42 Å². The third-order valence-electron chi connectivity index (χ3n) is 2.93. The zero-order valence-electron chi connectivity index (χ0n) is 10.3. The predicted octanol–water partition coefficient (Wildman–Crippen LogP) is 4.65. The van der Waals surface area contributed by atoms with Crippen LogP contribution < -0.4 is 5.32 Å². The Morgan fingerprint density at radius 1 is 1.21 bits per heavy atom. The summed E-state index contributed by atoms with van der Waals surface area (Å²) >= 11 is 15.8. The molecular formula is C14H13BrCl2N2. The molecule has 2 rings (SSSR count). The van der Waals surface area contributed by atoms with Crippen LogP contribution in [0.4, 0.5) is 0 Å². The van der Waals surface area contributed by atoms with Gasteiger partial charge < -0.3 is 5.32 Å². The maximum absolute atomic E-state index is 6.20. The van der Waals surface area contributed by atoms with Crippen molar-refractivity contribution in [2.75, 3.05) is 7.05 Å². The van der Waals surface area contributed by atoms with Crippen LogP contribution in [-0.4, -0.2) is 12.0 Å². The van der Waals surface area contributed by atoms with Gasteiger partial charge in [0.1, 0.15) is 0 Å². The number of rotatable bonds is 4. The van der Waals surface area contributed by atoms with Gasteiger partial charge in [-0.2, -0.15) is 0 Å². The van der Waals surface area contributed by atoms with Crippen LogP contribution in [0.25, 0.3) is 0 Å². The number of likely N-dealkylation sites (N-methyl/N-ethyl adjacent to an activating group) is 1. The van der Waals surface area contributed by atoms with E-state index in [1.807, 2.05) is 37.4 Å². The molecule has 1 aromatic carbocycles. The number of nitrogens with zero attached hydrogens (tertiary/aromatic N) is 1. The van der Waals surface area contributed by atoms with E-state index >= 15 is 0 Å². The minimum Gasteiger partial charge on any atom is -0.311 e. The van der Waals surface area contributed by atoms with Gasteiger partial charge in [-0.05, 0) is 59.2 Å². The van der Waals surface area contributed by atoms with Crippen molar-refractivity contribution in [3.05, 3.63) is 62.3 Å². The van der Waals surface area contributed by atoms with E-state index in [4.69, 9.17) is 23.2 Å². The van der Waals surface area contributed by atoms with E-state index in [1.54, 1.807) is 6.20 Å². The van der Waals surface area contributed by atoms with Crippen LogP contribution in [0, 0.1) is 0 Å². The van der Waals surface area contributed by atoms with Crippen LogP contribution in [0.15, 0.2) is 41.0 Å². The van der Waals surface area contributed by atoms with Crippen molar-refractivity contribution >= 4 is 39.1 Å². The van der Waals surface area contributed by atoms with Gasteiger partial charge in [-0.25, -0.2) is 0 Å². The number of aromatic nitrogens is 1. The predicted molar refractivity (Wildman–Crippen MR) is 83.9 cm³/mol. The summed E-state index contributed by atoms with van der Waals surface area (Å²) in [5, 5.41) is 4.62. The summed E-state index contributed by atoms with van der Waals surface area (Å²) in [6.07, 6.45) is 2.48. The molecule has 19 heavy (non-hydrogen) atoms. The number of halogens is 3. The quantitative estimate of drug-likeness (QED) is 0.859. The van der Waals surface area contributed by atoms with Gasteiger partial charge in [-0.3, -0.25) is 4.98 Å². The summed E-state index contributed by atoms with van der Waals surface area (Å²) in [5.41, 5.74) is 1.90. The van der Waals surface area contributed by atoms with Gasteiger partial charge in [0.2, 0.25) is 0 Å². The van der Waals surface area contributed by atoms with E-state index in [1.165, 1.54) is 0 Å². The molecule has 1 N–H and O–H groups in total. The van der Waals surface area contributed by atoms with Gasteiger partial charge >= 0.3 is 0 Å². The van der Waals surface area contributed by atoms with Gasteiger partial charge in [-0.1, -0.05) is 29.3 Å². The van der Waals surface area contributed by atoms with Crippen molar-refractivity contribution in [1.82, 2.24) is 10.3 Å². The fourth-order valence-electron chi connectivity index (χ4n) is 1.88. The normalized spacial score (nSPS) is 12.4. The average Bonchev–Trinajstić information content (AvgIpc) is 2.40. The third kappa shape index (κ3) is 3.69. The summed E-state index contributed by atoms with van der Waals surface area (Å²) in [4.78, 5) is 4.41. The van der Waals surface area contributed by atoms with Crippen LogP contribution in [0.5, 0.6) is 0 Å². The Bertz CT molecular complexity index is 538. The highest BCUT2D eigenvalue weighted by atomic mass is 79.9. The smallest absolute Gasteiger partial charge is 0.0577 e. The molecule has 1 atom stereocenters. The Kier molecular flexibility index (Phi) is 5.22. The lowest BCUT2D eigenvalue weighted by atomic mass is 10.0. The van der Waals surface area contributed by atoms with E-state index < -0.39 is 0 Å². The first-order valence-electron chi connectivity index (χ1n) is 5.83. The highest BCUT2D eigenvalue weighted by Crippen LogP contribution is 2.28. The molecule has 1 heterocycles. The second-order valence-corrected chi connectivity index (χ2v) is 5.88. The van der Waals surface area contributed by atoms with Gasteiger partial charge in [0.25, 0.3) is 0 Å². The summed E-state index contributed by atoms with van der Waals surface area (Å²) < 4.78 is 0.960. The molecule has 0 amide bonds. The molecule has 0 aliphatic carbocycles. The average molecular weight is 360 g/mol. The molecule has 5 heteroatoms. The first-order chi connectivity index (χ1) is 9.11. The van der Waals surface area contributed by atoms with Crippen molar-refractivity contribution < 1.29 is 0 Å². The van der Waals surface area contributed by atoms with Crippen molar-refractivity contribution in [2.45, 2.75) is 12.5 Å². The maximum atomic E-state index is 6.20. The zero-order valence-corrected chi connectivity index (χ0v) is 13.4. The molecule has 0 saturated heterocycles. The Balaban J connectivity index is 2.26. The van der Waals surface area contributed by atoms with Crippen LogP contribution in [0.2, 0.25) is 10.0 Å². The van der Waals surface area contributed by atoms with E-state index in [0.29, 0.717) is 16.5 Å². The van der Waals surface area contributed by atoms with Gasteiger partial charge in [0.05, 0.1) is 11.7 Å². The lowest BCUT2D eigenvalue weighted by molar-refractivity contribution is 0.576. The van der Waals surface area contributed by atoms with E-state index in [2.05, 4.69) is 26.2 Å². The Labute approximate surface area is 131 Å². The molecule has 100 valence electrons. The lowest BCUT2D eigenvalue weighted by Crippen LogP contribution is -2.20. The van der Waals surface area contributed by atoms with E-state index in [9.17, 15) is 0 Å². The molecule has 2 aromatic rings. The lowest BCUT2D eigenvalue weighted by Gasteiger charge is -2.17. The largest absolute Gasteiger partial charge is 0.311 e. The first-order valence-corrected chi connectivity index (χ1v) is 7.38. The van der Waals surface area contributed by atoms with Crippen molar-refractivity contribution in [3.63, 3.8) is 0 Å². The topological polar surface area (TPSA) is 24.9 Å². The van der Waals surface area contributed by atoms with Crippen molar-refractivity contribution in [1.29, 1.82) is 0 Å². The summed E-state index contributed by atoms with van der Waals surface area (Å²) in [6.45, 7) is 0. The number of benzene rings is 1. The van der Waals surface area contributed by atoms with E-state index in [-0.39, 0.29) is 6.04 Å². The molecule has 0 aliphatic heterocycles. The monoisotopic (exact) mass is 358 g/mol. The molecular weight excluding hydrogens is 347 g/mol. The summed E-state index contributed by atoms with van der Waals surface area (Å²) in [6, 6.07) is 9.58. The highest BCUT2D eigenvalue weighted by Gasteiger charge is 2.15. The fraction of sp³-hybridized carbons (Fsp3) is 0.214. The van der Waals surface area contributed by atoms with E-state index in [0.717, 1.165) is 15.7 Å². The molecule has 0 bridgehead atoms. The number of nitrogens with one attached hydrogen (secondary N) is 1. The second-order valence-electron chi connectivity index (χ2n) is 4.15. The van der Waals surface area contributed by atoms with Crippen LogP contribution in [0.1, 0.15) is 17.3 Å². The Morgan fingerprint density at radius 2 is 1.89 bits per heavy atom. The van der Waals surface area contributed by atoms with Crippen LogP contribution in [0.3, 0.4) is 0 Å². The minimum absolute atomic E-state index is 0.0745. The minimum atomic E-state index is 0.0745. The van der Waals surface area contributed by atoms with Gasteiger partial charge in [-0.15, -0.1) is 0 Å². The molecule has 0 radical (unpaired) electrons. The molecule has 0 fully saturated rings. The molecule has 1 unspecified atom stereocenters. The van der Waals surface area contributed by atoms with Gasteiger partial charge in [0, 0.05) is 20.7 Å².